The number of aryl methyl sites for hydroxylation is 1. The van der Waals surface area contributed by atoms with Gasteiger partial charge >= 0.3 is 0 Å². The second-order valence-electron chi connectivity index (χ2n) is 6.61. The average Bonchev–Trinajstić information content (AvgIpc) is 3.23. The molecule has 1 aliphatic heterocycles. The van der Waals surface area contributed by atoms with Crippen molar-refractivity contribution in [2.75, 3.05) is 0 Å². The van der Waals surface area contributed by atoms with Crippen molar-refractivity contribution >= 4 is 52.2 Å². The van der Waals surface area contributed by atoms with Crippen molar-refractivity contribution in [3.05, 3.63) is 86.4 Å². The first-order chi connectivity index (χ1) is 13.9. The van der Waals surface area contributed by atoms with E-state index in [-0.39, 0.29) is 17.7 Å². The number of rotatable bonds is 4. The van der Waals surface area contributed by atoms with Crippen molar-refractivity contribution in [3.8, 4) is 11.3 Å². The van der Waals surface area contributed by atoms with Crippen LogP contribution in [-0.2, 0) is 11.3 Å². The van der Waals surface area contributed by atoms with Gasteiger partial charge in [-0.1, -0.05) is 53.0 Å². The molecule has 1 fully saturated rings. The molecule has 2 aromatic carbocycles. The summed E-state index contributed by atoms with van der Waals surface area (Å²) in [6, 6.07) is 16.4. The molecule has 4 nitrogen and oxygen atoms in total. The molecule has 4 rings (SSSR count). The van der Waals surface area contributed by atoms with E-state index < -0.39 is 0 Å². The zero-order valence-corrected chi connectivity index (χ0v) is 17.6. The zero-order chi connectivity index (χ0) is 20.5. The lowest BCUT2D eigenvalue weighted by atomic mass is 10.1. The molecule has 1 aromatic heterocycles. The standard InChI is InChI=1S/C22H15Cl2NO3S/c1-13-2-4-14(5-3-13)12-25-21(26)20(29-22(25)27)11-18-6-7-19(28-18)15-8-16(23)10-17(24)9-15/h2-11H,12H2,1H3/b20-11-. The third kappa shape index (κ3) is 4.42. The number of carbonyl (C=O) groups is 2. The summed E-state index contributed by atoms with van der Waals surface area (Å²) in [6.07, 6.45) is 1.58. The van der Waals surface area contributed by atoms with Crippen LogP contribution >= 0.6 is 35.0 Å². The maximum atomic E-state index is 12.7. The first kappa shape index (κ1) is 19.8. The Bertz CT molecular complexity index is 1110. The summed E-state index contributed by atoms with van der Waals surface area (Å²) >= 11 is 13.0. The van der Waals surface area contributed by atoms with Gasteiger partial charge in [0.2, 0.25) is 0 Å². The second-order valence-corrected chi connectivity index (χ2v) is 8.48. The van der Waals surface area contributed by atoms with Crippen LogP contribution in [0.5, 0.6) is 0 Å². The van der Waals surface area contributed by atoms with Crippen molar-refractivity contribution < 1.29 is 14.0 Å². The lowest BCUT2D eigenvalue weighted by Gasteiger charge is -2.12. The van der Waals surface area contributed by atoms with Gasteiger partial charge in [0.15, 0.2) is 0 Å². The first-order valence-corrected chi connectivity index (χ1v) is 10.3. The molecule has 0 unspecified atom stereocenters. The van der Waals surface area contributed by atoms with Crippen LogP contribution in [0.4, 0.5) is 4.79 Å². The molecule has 1 saturated heterocycles. The molecule has 2 heterocycles. The zero-order valence-electron chi connectivity index (χ0n) is 15.3. The van der Waals surface area contributed by atoms with Gasteiger partial charge in [-0.2, -0.15) is 0 Å². The molecular formula is C22H15Cl2NO3S. The monoisotopic (exact) mass is 443 g/mol. The normalized spacial score (nSPS) is 15.6. The number of hydrogen-bond acceptors (Lipinski definition) is 4. The first-order valence-electron chi connectivity index (χ1n) is 8.76. The summed E-state index contributed by atoms with van der Waals surface area (Å²) in [4.78, 5) is 26.6. The molecule has 3 aromatic rings. The van der Waals surface area contributed by atoms with E-state index in [0.29, 0.717) is 26.5 Å². The van der Waals surface area contributed by atoms with E-state index in [1.165, 1.54) is 4.90 Å². The third-order valence-corrected chi connectivity index (χ3v) is 5.73. The van der Waals surface area contributed by atoms with Crippen LogP contribution in [-0.4, -0.2) is 16.0 Å². The number of furan rings is 1. The second kappa shape index (κ2) is 8.11. The Hall–Kier alpha value is -2.47. The van der Waals surface area contributed by atoms with E-state index in [4.69, 9.17) is 27.6 Å². The van der Waals surface area contributed by atoms with E-state index in [1.807, 2.05) is 31.2 Å². The Morgan fingerprint density at radius 3 is 2.38 bits per heavy atom. The lowest BCUT2D eigenvalue weighted by Crippen LogP contribution is -2.27. The predicted molar refractivity (Wildman–Crippen MR) is 117 cm³/mol. The molecule has 146 valence electrons. The van der Waals surface area contributed by atoms with Gasteiger partial charge in [0.25, 0.3) is 11.1 Å². The van der Waals surface area contributed by atoms with Gasteiger partial charge in [-0.25, -0.2) is 0 Å². The van der Waals surface area contributed by atoms with Gasteiger partial charge in [0.05, 0.1) is 11.4 Å². The Morgan fingerprint density at radius 2 is 1.69 bits per heavy atom. The summed E-state index contributed by atoms with van der Waals surface area (Å²) in [6.45, 7) is 2.23. The van der Waals surface area contributed by atoms with Crippen LogP contribution in [0, 0.1) is 6.92 Å². The quantitative estimate of drug-likeness (QED) is 0.416. The summed E-state index contributed by atoms with van der Waals surface area (Å²) in [5.74, 6) is 0.709. The highest BCUT2D eigenvalue weighted by Gasteiger charge is 2.35. The number of benzene rings is 2. The molecule has 0 atom stereocenters. The average molecular weight is 444 g/mol. The molecule has 0 saturated carbocycles. The topological polar surface area (TPSA) is 50.5 Å². The molecule has 1 aliphatic rings. The Balaban J connectivity index is 1.54. The fourth-order valence-corrected chi connectivity index (χ4v) is 4.27. The van der Waals surface area contributed by atoms with Crippen LogP contribution < -0.4 is 0 Å². The highest BCUT2D eigenvalue weighted by molar-refractivity contribution is 8.18. The van der Waals surface area contributed by atoms with Crippen LogP contribution in [0.2, 0.25) is 10.0 Å². The molecule has 0 aliphatic carbocycles. The molecule has 0 radical (unpaired) electrons. The summed E-state index contributed by atoms with van der Waals surface area (Å²) in [5, 5.41) is 0.709. The minimum absolute atomic E-state index is 0.243. The Labute approximate surface area is 182 Å². The number of imide groups is 1. The highest BCUT2D eigenvalue weighted by Crippen LogP contribution is 2.35. The summed E-state index contributed by atoms with van der Waals surface area (Å²) in [7, 11) is 0. The van der Waals surface area contributed by atoms with Gasteiger partial charge in [-0.05, 0) is 54.6 Å². The fourth-order valence-electron chi connectivity index (χ4n) is 2.92. The maximum absolute atomic E-state index is 12.7. The Morgan fingerprint density at radius 1 is 1.00 bits per heavy atom. The van der Waals surface area contributed by atoms with E-state index in [9.17, 15) is 9.59 Å². The van der Waals surface area contributed by atoms with E-state index in [1.54, 1.807) is 36.4 Å². The van der Waals surface area contributed by atoms with E-state index in [0.717, 1.165) is 28.5 Å². The van der Waals surface area contributed by atoms with Crippen molar-refractivity contribution in [2.24, 2.45) is 0 Å². The van der Waals surface area contributed by atoms with Crippen molar-refractivity contribution in [1.29, 1.82) is 0 Å². The van der Waals surface area contributed by atoms with Crippen molar-refractivity contribution in [3.63, 3.8) is 0 Å². The molecule has 0 bridgehead atoms. The van der Waals surface area contributed by atoms with E-state index >= 15 is 0 Å². The van der Waals surface area contributed by atoms with Crippen LogP contribution in [0.15, 0.2) is 63.9 Å². The third-order valence-electron chi connectivity index (χ3n) is 4.38. The number of hydrogen-bond donors (Lipinski definition) is 0. The van der Waals surface area contributed by atoms with Crippen LogP contribution in [0.1, 0.15) is 16.9 Å². The number of nitrogens with zero attached hydrogens (tertiary/aromatic N) is 1. The summed E-state index contributed by atoms with van der Waals surface area (Å²) in [5.41, 5.74) is 2.75. The van der Waals surface area contributed by atoms with E-state index in [2.05, 4.69) is 0 Å². The lowest BCUT2D eigenvalue weighted by molar-refractivity contribution is -0.123. The maximum Gasteiger partial charge on any atom is 0.293 e. The highest BCUT2D eigenvalue weighted by atomic mass is 35.5. The summed E-state index contributed by atoms with van der Waals surface area (Å²) < 4.78 is 5.80. The smallest absolute Gasteiger partial charge is 0.293 e. The van der Waals surface area contributed by atoms with Crippen molar-refractivity contribution in [1.82, 2.24) is 4.90 Å². The largest absolute Gasteiger partial charge is 0.457 e. The number of amides is 2. The molecule has 2 amide bonds. The van der Waals surface area contributed by atoms with Gasteiger partial charge < -0.3 is 4.42 Å². The number of thioether (sulfide) groups is 1. The molecular weight excluding hydrogens is 429 g/mol. The van der Waals surface area contributed by atoms with Gasteiger partial charge in [0.1, 0.15) is 11.5 Å². The molecule has 0 spiro atoms. The van der Waals surface area contributed by atoms with Crippen LogP contribution in [0.25, 0.3) is 17.4 Å². The molecule has 0 N–H and O–H groups in total. The van der Waals surface area contributed by atoms with Gasteiger partial charge in [-0.3, -0.25) is 14.5 Å². The minimum atomic E-state index is -0.329. The molecule has 29 heavy (non-hydrogen) atoms. The van der Waals surface area contributed by atoms with Crippen molar-refractivity contribution in [2.45, 2.75) is 13.5 Å². The molecule has 7 heteroatoms. The number of halogens is 2. The van der Waals surface area contributed by atoms with Gasteiger partial charge in [0, 0.05) is 21.7 Å². The SMILES string of the molecule is Cc1ccc(CN2C(=O)S/C(=C\c3ccc(-c4cc(Cl)cc(Cl)c4)o3)C2=O)cc1. The fraction of sp³-hybridized carbons (Fsp3) is 0.0909. The Kier molecular flexibility index (Phi) is 5.54. The minimum Gasteiger partial charge on any atom is -0.457 e. The number of carbonyl (C=O) groups excluding carboxylic acids is 2. The predicted octanol–water partition coefficient (Wildman–Crippen LogP) is 6.80. The van der Waals surface area contributed by atoms with Gasteiger partial charge in [-0.15, -0.1) is 0 Å². The van der Waals surface area contributed by atoms with Crippen LogP contribution in [0.3, 0.4) is 0 Å².